The highest BCUT2D eigenvalue weighted by molar-refractivity contribution is 5.96. The summed E-state index contributed by atoms with van der Waals surface area (Å²) in [4.78, 5) is 4.07. The zero-order valence-electron chi connectivity index (χ0n) is 9.67. The molecule has 0 aliphatic rings. The van der Waals surface area contributed by atoms with Crippen molar-refractivity contribution in [3.05, 3.63) is 59.8 Å². The third kappa shape index (κ3) is 3.46. The van der Waals surface area contributed by atoms with Crippen LogP contribution in [0.2, 0.25) is 0 Å². The van der Waals surface area contributed by atoms with E-state index in [0.29, 0.717) is 18.1 Å². The van der Waals surface area contributed by atoms with Gasteiger partial charge in [0.2, 0.25) is 5.88 Å². The monoisotopic (exact) mass is 263 g/mol. The molecule has 1 heterocycles. The highest BCUT2D eigenvalue weighted by Gasteiger charge is 2.07. The van der Waals surface area contributed by atoms with Gasteiger partial charge in [0.15, 0.2) is 0 Å². The zero-order chi connectivity index (χ0) is 12.1. The second-order valence-electron chi connectivity index (χ2n) is 3.54. The topological polar surface area (TPSA) is 72.0 Å². The molecule has 0 aliphatic carbocycles. The van der Waals surface area contributed by atoms with E-state index in [1.54, 1.807) is 18.3 Å². The maximum atomic E-state index is 7.42. The summed E-state index contributed by atoms with van der Waals surface area (Å²) < 4.78 is 5.55. The number of ether oxygens (including phenoxy) is 1. The van der Waals surface area contributed by atoms with Crippen molar-refractivity contribution >= 4 is 18.2 Å². The number of nitrogen functional groups attached to an aromatic ring is 1. The molecule has 2 rings (SSSR count). The summed E-state index contributed by atoms with van der Waals surface area (Å²) in [5.41, 5.74) is 7.01. The number of rotatable bonds is 4. The van der Waals surface area contributed by atoms with Crippen molar-refractivity contribution in [1.82, 2.24) is 4.98 Å². The number of halogens is 1. The Kier molecular flexibility index (Phi) is 5.14. The van der Waals surface area contributed by atoms with Crippen molar-refractivity contribution in [3.8, 4) is 5.88 Å². The van der Waals surface area contributed by atoms with Gasteiger partial charge in [-0.25, -0.2) is 4.98 Å². The maximum absolute atomic E-state index is 7.42. The van der Waals surface area contributed by atoms with Crippen LogP contribution in [0.15, 0.2) is 48.7 Å². The molecule has 94 valence electrons. The van der Waals surface area contributed by atoms with Crippen molar-refractivity contribution in [2.24, 2.45) is 5.73 Å². The average Bonchev–Trinajstić information content (AvgIpc) is 2.38. The molecule has 0 aliphatic heterocycles. The Labute approximate surface area is 112 Å². The lowest BCUT2D eigenvalue weighted by Gasteiger charge is -2.08. The third-order valence-electron chi connectivity index (χ3n) is 2.28. The Morgan fingerprint density at radius 2 is 1.89 bits per heavy atom. The molecule has 3 N–H and O–H groups in total. The van der Waals surface area contributed by atoms with Gasteiger partial charge in [0.05, 0.1) is 5.56 Å². The van der Waals surface area contributed by atoms with Gasteiger partial charge in [-0.05, 0) is 17.7 Å². The smallest absolute Gasteiger partial charge is 0.224 e. The Bertz CT molecular complexity index is 517. The largest absolute Gasteiger partial charge is 0.472 e. The first-order valence-corrected chi connectivity index (χ1v) is 5.23. The first-order valence-electron chi connectivity index (χ1n) is 5.23. The van der Waals surface area contributed by atoms with E-state index in [1.165, 1.54) is 0 Å². The van der Waals surface area contributed by atoms with Gasteiger partial charge in [-0.2, -0.15) is 0 Å². The number of nitrogens with two attached hydrogens (primary N) is 1. The maximum Gasteiger partial charge on any atom is 0.224 e. The van der Waals surface area contributed by atoms with Crippen LogP contribution in [0, 0.1) is 5.41 Å². The van der Waals surface area contributed by atoms with E-state index in [4.69, 9.17) is 15.9 Å². The fourth-order valence-electron chi connectivity index (χ4n) is 1.44. The minimum Gasteiger partial charge on any atom is -0.472 e. The van der Waals surface area contributed by atoms with Gasteiger partial charge in [-0.15, -0.1) is 12.4 Å². The quantitative estimate of drug-likeness (QED) is 0.657. The van der Waals surface area contributed by atoms with Crippen LogP contribution in [0.3, 0.4) is 0 Å². The first kappa shape index (κ1) is 14.0. The van der Waals surface area contributed by atoms with Crippen molar-refractivity contribution < 1.29 is 4.74 Å². The molecule has 0 fully saturated rings. The van der Waals surface area contributed by atoms with E-state index in [-0.39, 0.29) is 18.2 Å². The molecule has 0 unspecified atom stereocenters. The Morgan fingerprint density at radius 3 is 2.56 bits per heavy atom. The standard InChI is InChI=1S/C13H13N3O.ClH/c14-12(15)11-7-4-8-16-13(11)17-9-10-5-2-1-3-6-10;/h1-8H,9H2,(H3,14,15);1H. The van der Waals surface area contributed by atoms with E-state index in [2.05, 4.69) is 4.98 Å². The summed E-state index contributed by atoms with van der Waals surface area (Å²) in [6.45, 7) is 0.415. The molecule has 4 nitrogen and oxygen atoms in total. The molecule has 0 saturated carbocycles. The van der Waals surface area contributed by atoms with Crippen LogP contribution in [0.4, 0.5) is 0 Å². The number of aromatic nitrogens is 1. The van der Waals surface area contributed by atoms with E-state index in [1.807, 2.05) is 30.3 Å². The molecule has 0 saturated heterocycles. The number of amidine groups is 1. The van der Waals surface area contributed by atoms with Crippen LogP contribution in [0.5, 0.6) is 5.88 Å². The highest BCUT2D eigenvalue weighted by Crippen LogP contribution is 2.15. The predicted octanol–water partition coefficient (Wildman–Crippen LogP) is 2.37. The highest BCUT2D eigenvalue weighted by atomic mass is 35.5. The Balaban J connectivity index is 0.00000162. The van der Waals surface area contributed by atoms with Crippen LogP contribution in [0.1, 0.15) is 11.1 Å². The fraction of sp³-hybridized carbons (Fsp3) is 0.0769. The van der Waals surface area contributed by atoms with Gasteiger partial charge in [-0.3, -0.25) is 5.41 Å². The summed E-state index contributed by atoms with van der Waals surface area (Å²) in [5, 5.41) is 7.42. The summed E-state index contributed by atoms with van der Waals surface area (Å²) in [6, 6.07) is 13.2. The number of benzene rings is 1. The van der Waals surface area contributed by atoms with Crippen molar-refractivity contribution in [2.45, 2.75) is 6.61 Å². The molecule has 5 heteroatoms. The molecule has 0 bridgehead atoms. The third-order valence-corrected chi connectivity index (χ3v) is 2.28. The van der Waals surface area contributed by atoms with Gasteiger partial charge in [0.1, 0.15) is 12.4 Å². The second kappa shape index (κ2) is 6.61. The summed E-state index contributed by atoms with van der Waals surface area (Å²) >= 11 is 0. The van der Waals surface area contributed by atoms with Gasteiger partial charge >= 0.3 is 0 Å². The van der Waals surface area contributed by atoms with Gasteiger partial charge in [0, 0.05) is 6.20 Å². The molecule has 0 atom stereocenters. The zero-order valence-corrected chi connectivity index (χ0v) is 10.5. The van der Waals surface area contributed by atoms with Crippen molar-refractivity contribution in [1.29, 1.82) is 5.41 Å². The number of nitrogens with zero attached hydrogens (tertiary/aromatic N) is 1. The Hall–Kier alpha value is -2.07. The van der Waals surface area contributed by atoms with Crippen LogP contribution in [-0.4, -0.2) is 10.8 Å². The summed E-state index contributed by atoms with van der Waals surface area (Å²) in [7, 11) is 0. The fourth-order valence-corrected chi connectivity index (χ4v) is 1.44. The van der Waals surface area contributed by atoms with Crippen molar-refractivity contribution in [2.75, 3.05) is 0 Å². The minimum absolute atomic E-state index is 0. The number of hydrogen-bond acceptors (Lipinski definition) is 3. The molecular formula is C13H14ClN3O. The molecule has 0 amide bonds. The minimum atomic E-state index is -0.0406. The number of nitrogens with one attached hydrogen (secondary N) is 1. The first-order chi connectivity index (χ1) is 8.27. The molecule has 0 spiro atoms. The van der Waals surface area contributed by atoms with Crippen LogP contribution >= 0.6 is 12.4 Å². The molecule has 0 radical (unpaired) electrons. The molecule has 2 aromatic rings. The number of hydrogen-bond donors (Lipinski definition) is 2. The molecule has 18 heavy (non-hydrogen) atoms. The van der Waals surface area contributed by atoms with Crippen LogP contribution in [-0.2, 0) is 6.61 Å². The normalized spacial score (nSPS) is 9.33. The molecular weight excluding hydrogens is 250 g/mol. The lowest BCUT2D eigenvalue weighted by molar-refractivity contribution is 0.293. The van der Waals surface area contributed by atoms with Crippen LogP contribution < -0.4 is 10.5 Å². The van der Waals surface area contributed by atoms with Gasteiger partial charge in [0.25, 0.3) is 0 Å². The summed E-state index contributed by atoms with van der Waals surface area (Å²) in [6.07, 6.45) is 1.62. The lowest BCUT2D eigenvalue weighted by atomic mass is 10.2. The second-order valence-corrected chi connectivity index (χ2v) is 3.54. The Morgan fingerprint density at radius 1 is 1.17 bits per heavy atom. The van der Waals surface area contributed by atoms with E-state index >= 15 is 0 Å². The van der Waals surface area contributed by atoms with Gasteiger partial charge < -0.3 is 10.5 Å². The SMILES string of the molecule is Cl.N=C(N)c1cccnc1OCc1ccccc1. The number of pyridine rings is 1. The van der Waals surface area contributed by atoms with Crippen molar-refractivity contribution in [3.63, 3.8) is 0 Å². The molecule has 1 aromatic carbocycles. The average molecular weight is 264 g/mol. The lowest BCUT2D eigenvalue weighted by Crippen LogP contribution is -2.13. The van der Waals surface area contributed by atoms with E-state index in [9.17, 15) is 0 Å². The van der Waals surface area contributed by atoms with Crippen LogP contribution in [0.25, 0.3) is 0 Å². The van der Waals surface area contributed by atoms with Gasteiger partial charge in [-0.1, -0.05) is 30.3 Å². The van der Waals surface area contributed by atoms with E-state index < -0.39 is 0 Å². The molecule has 1 aromatic heterocycles. The summed E-state index contributed by atoms with van der Waals surface area (Å²) in [5.74, 6) is 0.352. The predicted molar refractivity (Wildman–Crippen MR) is 73.3 cm³/mol. The van der Waals surface area contributed by atoms with E-state index in [0.717, 1.165) is 5.56 Å².